The highest BCUT2D eigenvalue weighted by Crippen LogP contribution is 2.28. The van der Waals surface area contributed by atoms with Crippen molar-refractivity contribution in [1.29, 1.82) is 0 Å². The Morgan fingerprint density at radius 1 is 1.09 bits per heavy atom. The fraction of sp³-hybridized carbons (Fsp3) is 0.538. The number of imide groups is 1. The third-order valence-electron chi connectivity index (χ3n) is 6.84. The Balaban J connectivity index is 1.15. The van der Waals surface area contributed by atoms with Gasteiger partial charge in [0.15, 0.2) is 0 Å². The molecule has 9 heteroatoms. The van der Waals surface area contributed by atoms with Crippen LogP contribution in [-0.2, 0) is 25.7 Å². The molecule has 2 heterocycles. The number of hydrogen-bond acceptors (Lipinski definition) is 6. The van der Waals surface area contributed by atoms with Crippen LogP contribution < -0.4 is 16.0 Å². The molecule has 1 atom stereocenters. The van der Waals surface area contributed by atoms with Gasteiger partial charge in [-0.1, -0.05) is 11.8 Å². The predicted octanol–water partition coefficient (Wildman–Crippen LogP) is 0.853. The van der Waals surface area contributed by atoms with E-state index < -0.39 is 11.9 Å². The number of fused-ring (bicyclic) bond motifs is 1. The lowest BCUT2D eigenvalue weighted by Crippen LogP contribution is -2.52. The van der Waals surface area contributed by atoms with Crippen LogP contribution in [0.4, 0.5) is 0 Å². The van der Waals surface area contributed by atoms with Gasteiger partial charge < -0.3 is 20.3 Å². The Morgan fingerprint density at radius 2 is 1.89 bits per heavy atom. The molecule has 9 nitrogen and oxygen atoms in total. The molecule has 2 aliphatic heterocycles. The molecule has 35 heavy (non-hydrogen) atoms. The Morgan fingerprint density at radius 3 is 2.66 bits per heavy atom. The van der Waals surface area contributed by atoms with Crippen LogP contribution in [-0.4, -0.2) is 66.9 Å². The van der Waals surface area contributed by atoms with Crippen LogP contribution in [0.25, 0.3) is 0 Å². The molecule has 4 amide bonds. The SMILES string of the molecule is O=CNC1CCC(NCCOCCC#Cc2ccc3c(c2)CN(C2CCC(=O)NC2=O)C3=O)CC1. The normalized spacial score (nSPS) is 23.8. The third-order valence-corrected chi connectivity index (χ3v) is 6.84. The van der Waals surface area contributed by atoms with E-state index >= 15 is 0 Å². The second-order valence-corrected chi connectivity index (χ2v) is 9.22. The lowest BCUT2D eigenvalue weighted by Gasteiger charge is -2.29. The highest BCUT2D eigenvalue weighted by Gasteiger charge is 2.39. The number of benzene rings is 1. The van der Waals surface area contributed by atoms with Crippen molar-refractivity contribution in [3.05, 3.63) is 34.9 Å². The van der Waals surface area contributed by atoms with Gasteiger partial charge in [0.1, 0.15) is 6.04 Å². The summed E-state index contributed by atoms with van der Waals surface area (Å²) >= 11 is 0. The highest BCUT2D eigenvalue weighted by molar-refractivity contribution is 6.05. The van der Waals surface area contributed by atoms with E-state index in [0.717, 1.165) is 49.8 Å². The Kier molecular flexibility index (Phi) is 8.50. The lowest BCUT2D eigenvalue weighted by molar-refractivity contribution is -0.136. The highest BCUT2D eigenvalue weighted by atomic mass is 16.5. The van der Waals surface area contributed by atoms with Gasteiger partial charge in [0, 0.05) is 49.1 Å². The van der Waals surface area contributed by atoms with Gasteiger partial charge in [-0.15, -0.1) is 0 Å². The van der Waals surface area contributed by atoms with Crippen molar-refractivity contribution < 1.29 is 23.9 Å². The van der Waals surface area contributed by atoms with Gasteiger partial charge in [-0.2, -0.15) is 0 Å². The molecule has 1 saturated heterocycles. The van der Waals surface area contributed by atoms with Gasteiger partial charge in [0.2, 0.25) is 18.2 Å². The number of rotatable bonds is 9. The van der Waals surface area contributed by atoms with E-state index in [0.29, 0.717) is 50.2 Å². The number of hydrogen-bond donors (Lipinski definition) is 3. The van der Waals surface area contributed by atoms with E-state index in [9.17, 15) is 19.2 Å². The fourth-order valence-corrected chi connectivity index (χ4v) is 4.94. The van der Waals surface area contributed by atoms with Crippen LogP contribution in [0, 0.1) is 11.8 Å². The molecule has 4 rings (SSSR count). The molecule has 1 saturated carbocycles. The van der Waals surface area contributed by atoms with E-state index in [-0.39, 0.29) is 18.2 Å². The first kappa shape index (κ1) is 24.9. The summed E-state index contributed by atoms with van der Waals surface area (Å²) in [5.74, 6) is 5.37. The molecule has 1 aromatic rings. The van der Waals surface area contributed by atoms with Gasteiger partial charge in [-0.25, -0.2) is 0 Å². The number of ether oxygens (including phenoxy) is 1. The molecule has 0 bridgehead atoms. The minimum absolute atomic E-state index is 0.179. The molecule has 1 unspecified atom stereocenters. The lowest BCUT2D eigenvalue weighted by atomic mass is 9.91. The Hall–Kier alpha value is -3.22. The van der Waals surface area contributed by atoms with Crippen LogP contribution in [0.1, 0.15) is 66.4 Å². The minimum atomic E-state index is -0.608. The van der Waals surface area contributed by atoms with Crippen LogP contribution in [0.2, 0.25) is 0 Å². The molecule has 0 radical (unpaired) electrons. The largest absolute Gasteiger partial charge is 0.379 e. The van der Waals surface area contributed by atoms with Crippen LogP contribution in [0.5, 0.6) is 0 Å². The van der Waals surface area contributed by atoms with Crippen molar-refractivity contribution in [1.82, 2.24) is 20.9 Å². The van der Waals surface area contributed by atoms with Crippen LogP contribution >= 0.6 is 0 Å². The molecule has 1 aliphatic carbocycles. The maximum Gasteiger partial charge on any atom is 0.255 e. The van der Waals surface area contributed by atoms with Crippen molar-refractivity contribution in [2.24, 2.45) is 0 Å². The summed E-state index contributed by atoms with van der Waals surface area (Å²) in [5, 5.41) is 8.68. The van der Waals surface area contributed by atoms with E-state index in [1.54, 1.807) is 11.0 Å². The molecule has 3 aliphatic rings. The molecule has 3 N–H and O–H groups in total. The van der Waals surface area contributed by atoms with E-state index in [1.807, 2.05) is 12.1 Å². The molecule has 1 aromatic carbocycles. The van der Waals surface area contributed by atoms with Crippen molar-refractivity contribution in [2.75, 3.05) is 19.8 Å². The zero-order chi connectivity index (χ0) is 24.6. The van der Waals surface area contributed by atoms with Gasteiger partial charge in [0.25, 0.3) is 5.91 Å². The first-order valence-electron chi connectivity index (χ1n) is 12.3. The summed E-state index contributed by atoms with van der Waals surface area (Å²) in [4.78, 5) is 48.4. The predicted molar refractivity (Wildman–Crippen MR) is 128 cm³/mol. The number of nitrogens with one attached hydrogen (secondary N) is 3. The van der Waals surface area contributed by atoms with Crippen molar-refractivity contribution in [2.45, 2.75) is 69.6 Å². The summed E-state index contributed by atoms with van der Waals surface area (Å²) in [5.41, 5.74) is 2.26. The summed E-state index contributed by atoms with van der Waals surface area (Å²) in [6, 6.07) is 5.68. The number of amides is 4. The average Bonchev–Trinajstić information content (AvgIpc) is 3.17. The first-order chi connectivity index (χ1) is 17.0. The second kappa shape index (κ2) is 12.0. The van der Waals surface area contributed by atoms with E-state index in [1.165, 1.54) is 0 Å². The minimum Gasteiger partial charge on any atom is -0.379 e. The standard InChI is InChI=1S/C26H32N4O5/c31-17-28-21-7-5-20(6-8-21)27-12-14-35-13-2-1-3-18-4-9-22-19(15-18)16-30(26(22)34)23-10-11-24(32)29-25(23)33/h4,9,15,17,20-21,23,27H,2,5-8,10-14,16H2,(H,28,31)(H,29,32,33). The smallest absolute Gasteiger partial charge is 0.255 e. The van der Waals surface area contributed by atoms with E-state index in [4.69, 9.17) is 4.74 Å². The molecular weight excluding hydrogens is 448 g/mol. The Bertz CT molecular complexity index is 1020. The Labute approximate surface area is 205 Å². The van der Waals surface area contributed by atoms with Gasteiger partial charge in [-0.3, -0.25) is 24.5 Å². The average molecular weight is 481 g/mol. The number of piperidine rings is 1. The van der Waals surface area contributed by atoms with Crippen molar-refractivity contribution in [3.63, 3.8) is 0 Å². The second-order valence-electron chi connectivity index (χ2n) is 9.22. The zero-order valence-electron chi connectivity index (χ0n) is 19.8. The summed E-state index contributed by atoms with van der Waals surface area (Å²) < 4.78 is 5.67. The number of carbonyl (C=O) groups excluding carboxylic acids is 4. The quantitative estimate of drug-likeness (QED) is 0.209. The zero-order valence-corrected chi connectivity index (χ0v) is 19.8. The first-order valence-corrected chi connectivity index (χ1v) is 12.3. The molecular formula is C26H32N4O5. The number of carbonyl (C=O) groups is 4. The maximum atomic E-state index is 12.7. The molecule has 2 fully saturated rings. The van der Waals surface area contributed by atoms with Crippen molar-refractivity contribution in [3.8, 4) is 11.8 Å². The van der Waals surface area contributed by atoms with Gasteiger partial charge >= 0.3 is 0 Å². The van der Waals surface area contributed by atoms with E-state index in [2.05, 4.69) is 27.8 Å². The monoisotopic (exact) mass is 480 g/mol. The maximum absolute atomic E-state index is 12.7. The van der Waals surface area contributed by atoms with Crippen molar-refractivity contribution >= 4 is 24.1 Å². The molecule has 0 spiro atoms. The fourth-order valence-electron chi connectivity index (χ4n) is 4.94. The summed E-state index contributed by atoms with van der Waals surface area (Å²) in [7, 11) is 0. The molecule has 186 valence electrons. The van der Waals surface area contributed by atoms with Gasteiger partial charge in [0.05, 0.1) is 13.2 Å². The third kappa shape index (κ3) is 6.47. The number of nitrogens with zero attached hydrogens (tertiary/aromatic N) is 1. The molecule has 0 aromatic heterocycles. The topological polar surface area (TPSA) is 117 Å². The van der Waals surface area contributed by atoms with Crippen LogP contribution in [0.15, 0.2) is 18.2 Å². The summed E-state index contributed by atoms with van der Waals surface area (Å²) in [6.45, 7) is 2.33. The van der Waals surface area contributed by atoms with Gasteiger partial charge in [-0.05, 0) is 55.9 Å². The van der Waals surface area contributed by atoms with Crippen LogP contribution in [0.3, 0.4) is 0 Å². The summed E-state index contributed by atoms with van der Waals surface area (Å²) in [6.07, 6.45) is 6.15.